The van der Waals surface area contributed by atoms with Crippen LogP contribution in [0.5, 0.6) is 0 Å². The molecule has 0 fully saturated rings. The molecule has 0 saturated heterocycles. The van der Waals surface area contributed by atoms with Gasteiger partial charge in [-0.15, -0.1) is 0 Å². The first-order valence-corrected chi connectivity index (χ1v) is 8.28. The normalized spacial score (nSPS) is 14.8. The van der Waals surface area contributed by atoms with Crippen molar-refractivity contribution >= 4 is 10.9 Å². The van der Waals surface area contributed by atoms with E-state index in [4.69, 9.17) is 0 Å². The van der Waals surface area contributed by atoms with Crippen molar-refractivity contribution in [2.24, 2.45) is 0 Å². The minimum atomic E-state index is -4.36. The summed E-state index contributed by atoms with van der Waals surface area (Å²) in [6, 6.07) is 12.4. The second kappa shape index (κ2) is 6.19. The highest BCUT2D eigenvalue weighted by atomic mass is 19.4. The van der Waals surface area contributed by atoms with Gasteiger partial charge >= 0.3 is 6.18 Å². The lowest BCUT2D eigenvalue weighted by Crippen LogP contribution is -2.27. The summed E-state index contributed by atoms with van der Waals surface area (Å²) < 4.78 is 41.3. The Hall–Kier alpha value is -2.78. The molecule has 1 aliphatic heterocycles. The molecule has 0 atom stereocenters. The van der Waals surface area contributed by atoms with Gasteiger partial charge in [0, 0.05) is 42.8 Å². The van der Waals surface area contributed by atoms with Crippen molar-refractivity contribution in [2.45, 2.75) is 19.1 Å². The van der Waals surface area contributed by atoms with Crippen LogP contribution < -0.4 is 0 Å². The molecule has 0 bridgehead atoms. The number of pyridine rings is 1. The van der Waals surface area contributed by atoms with Crippen molar-refractivity contribution in [1.29, 1.82) is 0 Å². The van der Waals surface area contributed by atoms with Crippen LogP contribution in [0.4, 0.5) is 13.2 Å². The Bertz CT molecular complexity index is 1020. The lowest BCUT2D eigenvalue weighted by Gasteiger charge is -2.23. The molecule has 6 heteroatoms. The second-order valence-electron chi connectivity index (χ2n) is 6.43. The van der Waals surface area contributed by atoms with Gasteiger partial charge in [0.2, 0.25) is 0 Å². The van der Waals surface area contributed by atoms with E-state index in [1.54, 1.807) is 12.3 Å². The number of aromatic nitrogens is 2. The Morgan fingerprint density at radius 1 is 1.15 bits per heavy atom. The zero-order chi connectivity index (χ0) is 18.3. The fourth-order valence-electron chi connectivity index (χ4n) is 3.35. The minimum Gasteiger partial charge on any atom is -0.302 e. The monoisotopic (exact) mass is 355 g/mol. The first kappa shape index (κ1) is 16.7. The SMILES string of the molecule is CN1CCc2c(c3cc(C(F)(F)F)ccc3n2C#Cc2ccccn2)C1. The average Bonchev–Trinajstić information content (AvgIpc) is 2.92. The van der Waals surface area contributed by atoms with E-state index in [0.717, 1.165) is 30.3 Å². The lowest BCUT2D eigenvalue weighted by atomic mass is 10.0. The summed E-state index contributed by atoms with van der Waals surface area (Å²) >= 11 is 0. The number of rotatable bonds is 0. The summed E-state index contributed by atoms with van der Waals surface area (Å²) in [6.45, 7) is 1.46. The molecule has 0 aliphatic carbocycles. The highest BCUT2D eigenvalue weighted by Crippen LogP contribution is 2.35. The maximum atomic E-state index is 13.1. The Morgan fingerprint density at radius 3 is 2.73 bits per heavy atom. The molecule has 0 radical (unpaired) electrons. The summed E-state index contributed by atoms with van der Waals surface area (Å²) in [6.07, 6.45) is -1.94. The molecule has 1 aliphatic rings. The first-order chi connectivity index (χ1) is 12.4. The van der Waals surface area contributed by atoms with Gasteiger partial charge in [-0.25, -0.2) is 4.98 Å². The number of fused-ring (bicyclic) bond motifs is 3. The van der Waals surface area contributed by atoms with Crippen LogP contribution in [0.1, 0.15) is 22.5 Å². The van der Waals surface area contributed by atoms with Gasteiger partial charge in [0.1, 0.15) is 5.69 Å². The van der Waals surface area contributed by atoms with Crippen molar-refractivity contribution < 1.29 is 13.2 Å². The molecule has 0 saturated carbocycles. The zero-order valence-corrected chi connectivity index (χ0v) is 14.1. The third-order valence-electron chi connectivity index (χ3n) is 4.63. The van der Waals surface area contributed by atoms with Gasteiger partial charge in [0.05, 0.1) is 11.1 Å². The smallest absolute Gasteiger partial charge is 0.302 e. The minimum absolute atomic E-state index is 0.616. The fourth-order valence-corrected chi connectivity index (χ4v) is 3.35. The van der Waals surface area contributed by atoms with E-state index in [1.165, 1.54) is 12.1 Å². The van der Waals surface area contributed by atoms with Crippen LogP contribution in [-0.2, 0) is 19.1 Å². The number of alkyl halides is 3. The van der Waals surface area contributed by atoms with Crippen LogP contribution in [0, 0.1) is 12.0 Å². The molecule has 0 spiro atoms. The highest BCUT2D eigenvalue weighted by Gasteiger charge is 2.32. The molecule has 3 heterocycles. The topological polar surface area (TPSA) is 21.1 Å². The van der Waals surface area contributed by atoms with Crippen molar-refractivity contribution in [3.05, 3.63) is 65.1 Å². The average molecular weight is 355 g/mol. The van der Waals surface area contributed by atoms with Gasteiger partial charge in [0.25, 0.3) is 0 Å². The summed E-state index contributed by atoms with van der Waals surface area (Å²) in [5.41, 5.74) is 2.62. The van der Waals surface area contributed by atoms with Crippen molar-refractivity contribution in [3.63, 3.8) is 0 Å². The van der Waals surface area contributed by atoms with E-state index < -0.39 is 11.7 Å². The van der Waals surface area contributed by atoms with Crippen LogP contribution in [0.2, 0.25) is 0 Å². The van der Waals surface area contributed by atoms with Gasteiger partial charge in [0.15, 0.2) is 0 Å². The maximum absolute atomic E-state index is 13.1. The number of likely N-dealkylation sites (N-methyl/N-ethyl adjacent to an activating group) is 1. The Balaban J connectivity index is 1.91. The number of hydrogen-bond donors (Lipinski definition) is 0. The lowest BCUT2D eigenvalue weighted by molar-refractivity contribution is -0.137. The van der Waals surface area contributed by atoms with Gasteiger partial charge in [-0.05, 0) is 48.9 Å². The largest absolute Gasteiger partial charge is 0.416 e. The van der Waals surface area contributed by atoms with Crippen LogP contribution >= 0.6 is 0 Å². The predicted octanol–water partition coefficient (Wildman–Crippen LogP) is 3.90. The number of halogens is 3. The molecule has 0 unspecified atom stereocenters. The van der Waals surface area contributed by atoms with Crippen molar-refractivity contribution in [3.8, 4) is 12.0 Å². The Labute approximate surface area is 149 Å². The maximum Gasteiger partial charge on any atom is 0.416 e. The van der Waals surface area contributed by atoms with Crippen LogP contribution in [0.15, 0.2) is 42.6 Å². The van der Waals surface area contributed by atoms with Gasteiger partial charge < -0.3 is 4.90 Å². The first-order valence-electron chi connectivity index (χ1n) is 8.28. The highest BCUT2D eigenvalue weighted by molar-refractivity contribution is 5.87. The summed E-state index contributed by atoms with van der Waals surface area (Å²) in [4.78, 5) is 6.29. The molecule has 3 aromatic rings. The van der Waals surface area contributed by atoms with Crippen LogP contribution in [-0.4, -0.2) is 28.0 Å². The molecule has 0 amide bonds. The number of hydrogen-bond acceptors (Lipinski definition) is 2. The Morgan fingerprint density at radius 2 is 2.00 bits per heavy atom. The number of nitrogens with zero attached hydrogens (tertiary/aromatic N) is 3. The summed E-state index contributed by atoms with van der Waals surface area (Å²) in [7, 11) is 1.97. The quantitative estimate of drug-likeness (QED) is 0.570. The van der Waals surface area contributed by atoms with Crippen LogP contribution in [0.25, 0.3) is 10.9 Å². The molecule has 132 valence electrons. The summed E-state index contributed by atoms with van der Waals surface area (Å²) in [5.74, 6) is 3.01. The van der Waals surface area contributed by atoms with Crippen molar-refractivity contribution in [2.75, 3.05) is 13.6 Å². The molecule has 0 N–H and O–H groups in total. The van der Waals surface area contributed by atoms with E-state index in [9.17, 15) is 13.2 Å². The van der Waals surface area contributed by atoms with E-state index in [2.05, 4.69) is 21.8 Å². The van der Waals surface area contributed by atoms with E-state index >= 15 is 0 Å². The number of benzene rings is 1. The zero-order valence-electron chi connectivity index (χ0n) is 14.1. The van der Waals surface area contributed by atoms with Gasteiger partial charge in [-0.3, -0.25) is 4.57 Å². The predicted molar refractivity (Wildman–Crippen MR) is 93.5 cm³/mol. The molecule has 3 nitrogen and oxygen atoms in total. The molecule has 2 aromatic heterocycles. The van der Waals surface area contributed by atoms with Gasteiger partial charge in [-0.1, -0.05) is 6.07 Å². The third kappa shape index (κ3) is 2.95. The van der Waals surface area contributed by atoms with Crippen LogP contribution in [0.3, 0.4) is 0 Å². The van der Waals surface area contributed by atoms with E-state index in [1.807, 2.05) is 23.7 Å². The summed E-state index contributed by atoms with van der Waals surface area (Å²) in [5, 5.41) is 0.622. The standard InChI is InChI=1S/C20H16F3N3/c1-25-10-8-19-17(13-25)16-12-14(20(21,22)23)5-6-18(16)26(19)11-7-15-4-2-3-9-24-15/h2-6,9,12H,8,10,13H2,1H3. The van der Waals surface area contributed by atoms with E-state index in [0.29, 0.717) is 23.1 Å². The molecule has 1 aromatic carbocycles. The molecule has 26 heavy (non-hydrogen) atoms. The van der Waals surface area contributed by atoms with E-state index in [-0.39, 0.29) is 0 Å². The van der Waals surface area contributed by atoms with Gasteiger partial charge in [-0.2, -0.15) is 13.2 Å². The second-order valence-corrected chi connectivity index (χ2v) is 6.43. The Kier molecular flexibility index (Phi) is 3.97. The van der Waals surface area contributed by atoms with Crippen molar-refractivity contribution in [1.82, 2.24) is 14.5 Å². The molecule has 4 rings (SSSR count). The molecular formula is C20H16F3N3. The molecular weight excluding hydrogens is 339 g/mol. The third-order valence-corrected chi connectivity index (χ3v) is 4.63. The fraction of sp³-hybridized carbons (Fsp3) is 0.250.